The van der Waals surface area contributed by atoms with Gasteiger partial charge in [-0.05, 0) is 43.5 Å². The molecule has 0 aliphatic heterocycles. The van der Waals surface area contributed by atoms with Gasteiger partial charge in [0.25, 0.3) is 5.91 Å². The Morgan fingerprint density at radius 1 is 1.17 bits per heavy atom. The number of nitrogens with one attached hydrogen (secondary N) is 2. The third-order valence-corrected chi connectivity index (χ3v) is 3.79. The lowest BCUT2D eigenvalue weighted by Crippen LogP contribution is -2.14. The van der Waals surface area contributed by atoms with Gasteiger partial charge in [-0.15, -0.1) is 0 Å². The maximum absolute atomic E-state index is 12.5. The Kier molecular flexibility index (Phi) is 5.18. The van der Waals surface area contributed by atoms with E-state index in [1.54, 1.807) is 31.2 Å². The zero-order valence-electron chi connectivity index (χ0n) is 13.9. The molecule has 0 unspecified atom stereocenters. The van der Waals surface area contributed by atoms with Crippen LogP contribution in [0, 0.1) is 6.92 Å². The second-order valence-corrected chi connectivity index (χ2v) is 5.61. The van der Waals surface area contributed by atoms with Crippen LogP contribution in [-0.2, 0) is 17.6 Å². The molecule has 1 amide bonds. The van der Waals surface area contributed by atoms with E-state index in [1.165, 1.54) is 6.92 Å². The first-order chi connectivity index (χ1) is 11.3. The molecule has 1 heterocycles. The van der Waals surface area contributed by atoms with Crippen LogP contribution in [0.1, 0.15) is 51.5 Å². The summed E-state index contributed by atoms with van der Waals surface area (Å²) in [5.74, 6) is -1.30. The van der Waals surface area contributed by atoms with E-state index in [1.807, 2.05) is 6.92 Å². The predicted octanol–water partition coefficient (Wildman–Crippen LogP) is 2.97. The van der Waals surface area contributed by atoms with Crippen LogP contribution in [0.2, 0.25) is 0 Å². The van der Waals surface area contributed by atoms with Gasteiger partial charge in [0.15, 0.2) is 5.78 Å². The topological polar surface area (TPSA) is 99.3 Å². The average Bonchev–Trinajstić information content (AvgIpc) is 2.85. The molecule has 6 nitrogen and oxygen atoms in total. The van der Waals surface area contributed by atoms with E-state index >= 15 is 0 Å². The minimum atomic E-state index is -0.905. The van der Waals surface area contributed by atoms with Gasteiger partial charge >= 0.3 is 5.97 Å². The van der Waals surface area contributed by atoms with E-state index in [0.717, 1.165) is 0 Å². The SMILES string of the molecule is CCc1c(C(=O)Nc2ccc(CC(=O)O)cc2)[nH]c(C)c1C(C)=O. The van der Waals surface area contributed by atoms with Gasteiger partial charge in [-0.3, -0.25) is 14.4 Å². The minimum Gasteiger partial charge on any atom is -0.481 e. The Labute approximate surface area is 139 Å². The summed E-state index contributed by atoms with van der Waals surface area (Å²) in [6.07, 6.45) is 0.506. The number of aromatic nitrogens is 1. The number of carbonyl (C=O) groups excluding carboxylic acids is 2. The number of benzene rings is 1. The molecular weight excluding hydrogens is 308 g/mol. The number of amides is 1. The van der Waals surface area contributed by atoms with Gasteiger partial charge in [-0.25, -0.2) is 0 Å². The molecule has 126 valence electrons. The van der Waals surface area contributed by atoms with E-state index in [4.69, 9.17) is 5.11 Å². The fraction of sp³-hybridized carbons (Fsp3) is 0.278. The Bertz CT molecular complexity index is 788. The molecule has 1 aromatic heterocycles. The van der Waals surface area contributed by atoms with Gasteiger partial charge in [-0.2, -0.15) is 0 Å². The van der Waals surface area contributed by atoms with Gasteiger partial charge in [0.2, 0.25) is 0 Å². The number of aromatic amines is 1. The largest absolute Gasteiger partial charge is 0.481 e. The summed E-state index contributed by atoms with van der Waals surface area (Å²) in [6.45, 7) is 5.15. The summed E-state index contributed by atoms with van der Waals surface area (Å²) in [7, 11) is 0. The summed E-state index contributed by atoms with van der Waals surface area (Å²) in [5, 5.41) is 11.5. The van der Waals surface area contributed by atoms with Crippen molar-refractivity contribution in [1.82, 2.24) is 4.98 Å². The van der Waals surface area contributed by atoms with Gasteiger partial charge in [0, 0.05) is 16.9 Å². The summed E-state index contributed by atoms with van der Waals surface area (Å²) in [5.41, 5.74) is 3.56. The van der Waals surface area contributed by atoms with Crippen molar-refractivity contribution in [3.8, 4) is 0 Å². The molecule has 3 N–H and O–H groups in total. The van der Waals surface area contributed by atoms with Gasteiger partial charge in [-0.1, -0.05) is 19.1 Å². The fourth-order valence-corrected chi connectivity index (χ4v) is 2.77. The quantitative estimate of drug-likeness (QED) is 0.710. The molecule has 6 heteroatoms. The van der Waals surface area contributed by atoms with Crippen LogP contribution in [0.3, 0.4) is 0 Å². The van der Waals surface area contributed by atoms with Crippen LogP contribution in [0.25, 0.3) is 0 Å². The highest BCUT2D eigenvalue weighted by Gasteiger charge is 2.21. The van der Waals surface area contributed by atoms with Crippen LogP contribution in [0.4, 0.5) is 5.69 Å². The first-order valence-corrected chi connectivity index (χ1v) is 7.68. The summed E-state index contributed by atoms with van der Waals surface area (Å²) < 4.78 is 0. The number of carbonyl (C=O) groups is 3. The van der Waals surface area contributed by atoms with Crippen LogP contribution in [0.5, 0.6) is 0 Å². The molecule has 0 saturated carbocycles. The smallest absolute Gasteiger partial charge is 0.307 e. The maximum atomic E-state index is 12.5. The highest BCUT2D eigenvalue weighted by atomic mass is 16.4. The molecule has 0 saturated heterocycles. The van der Waals surface area contributed by atoms with Crippen LogP contribution in [-0.4, -0.2) is 27.8 Å². The third-order valence-electron chi connectivity index (χ3n) is 3.79. The Morgan fingerprint density at radius 2 is 1.79 bits per heavy atom. The highest BCUT2D eigenvalue weighted by Crippen LogP contribution is 2.21. The number of carboxylic acid groups (broad SMARTS) is 1. The van der Waals surface area contributed by atoms with Gasteiger partial charge in [0.05, 0.1) is 6.42 Å². The summed E-state index contributed by atoms with van der Waals surface area (Å²) in [4.78, 5) is 37.9. The Hall–Kier alpha value is -2.89. The molecule has 0 aliphatic carbocycles. The van der Waals surface area contributed by atoms with Crippen molar-refractivity contribution in [1.29, 1.82) is 0 Å². The molecule has 0 fully saturated rings. The first-order valence-electron chi connectivity index (χ1n) is 7.68. The maximum Gasteiger partial charge on any atom is 0.307 e. The average molecular weight is 328 g/mol. The van der Waals surface area contributed by atoms with Crippen molar-refractivity contribution in [3.63, 3.8) is 0 Å². The molecule has 0 aliphatic rings. The molecular formula is C18H20N2O4. The van der Waals surface area contributed by atoms with E-state index in [9.17, 15) is 14.4 Å². The number of hydrogen-bond acceptors (Lipinski definition) is 3. The van der Waals surface area contributed by atoms with Crippen molar-refractivity contribution < 1.29 is 19.5 Å². The second-order valence-electron chi connectivity index (χ2n) is 5.61. The van der Waals surface area contributed by atoms with Crippen molar-refractivity contribution >= 4 is 23.3 Å². The number of anilines is 1. The number of ketones is 1. The number of hydrogen-bond donors (Lipinski definition) is 3. The van der Waals surface area contributed by atoms with Gasteiger partial charge in [0.1, 0.15) is 5.69 Å². The second kappa shape index (κ2) is 7.12. The third kappa shape index (κ3) is 3.71. The van der Waals surface area contributed by atoms with E-state index in [0.29, 0.717) is 40.2 Å². The zero-order chi connectivity index (χ0) is 17.9. The molecule has 0 atom stereocenters. The number of carboxylic acids is 1. The van der Waals surface area contributed by atoms with Gasteiger partial charge < -0.3 is 15.4 Å². The van der Waals surface area contributed by atoms with E-state index < -0.39 is 5.97 Å². The zero-order valence-corrected chi connectivity index (χ0v) is 13.9. The Balaban J connectivity index is 2.22. The molecule has 0 bridgehead atoms. The Morgan fingerprint density at radius 3 is 2.29 bits per heavy atom. The lowest BCUT2D eigenvalue weighted by atomic mass is 10.0. The molecule has 2 rings (SSSR count). The highest BCUT2D eigenvalue weighted by molar-refractivity contribution is 6.07. The molecule has 0 spiro atoms. The molecule has 24 heavy (non-hydrogen) atoms. The summed E-state index contributed by atoms with van der Waals surface area (Å²) in [6, 6.07) is 6.63. The first kappa shape index (κ1) is 17.5. The molecule has 0 radical (unpaired) electrons. The molecule has 2 aromatic rings. The predicted molar refractivity (Wildman–Crippen MR) is 90.6 cm³/mol. The van der Waals surface area contributed by atoms with Crippen LogP contribution < -0.4 is 5.32 Å². The number of aliphatic carboxylic acids is 1. The standard InChI is InChI=1S/C18H20N2O4/c1-4-14-16(11(3)21)10(2)19-17(14)18(24)20-13-7-5-12(6-8-13)9-15(22)23/h5-8,19H,4,9H2,1-3H3,(H,20,24)(H,22,23). The number of H-pyrrole nitrogens is 1. The lowest BCUT2D eigenvalue weighted by molar-refractivity contribution is -0.136. The van der Waals surface area contributed by atoms with Crippen molar-refractivity contribution in [2.75, 3.05) is 5.32 Å². The minimum absolute atomic E-state index is 0.0635. The molecule has 1 aromatic carbocycles. The van der Waals surface area contributed by atoms with E-state index in [2.05, 4.69) is 10.3 Å². The van der Waals surface area contributed by atoms with Crippen molar-refractivity contribution in [2.45, 2.75) is 33.6 Å². The van der Waals surface area contributed by atoms with E-state index in [-0.39, 0.29) is 18.1 Å². The number of rotatable bonds is 6. The number of Topliss-reactive ketones (excluding diaryl/α,β-unsaturated/α-hetero) is 1. The van der Waals surface area contributed by atoms with Crippen LogP contribution >= 0.6 is 0 Å². The monoisotopic (exact) mass is 328 g/mol. The summed E-state index contributed by atoms with van der Waals surface area (Å²) >= 11 is 0. The fourth-order valence-electron chi connectivity index (χ4n) is 2.77. The lowest BCUT2D eigenvalue weighted by Gasteiger charge is -2.07. The van der Waals surface area contributed by atoms with Crippen molar-refractivity contribution in [3.05, 3.63) is 52.3 Å². The van der Waals surface area contributed by atoms with Crippen LogP contribution in [0.15, 0.2) is 24.3 Å². The number of aryl methyl sites for hydroxylation is 1. The normalized spacial score (nSPS) is 10.5. The van der Waals surface area contributed by atoms with Crippen molar-refractivity contribution in [2.24, 2.45) is 0 Å².